The van der Waals surface area contributed by atoms with Crippen LogP contribution in [0.4, 0.5) is 4.79 Å². The van der Waals surface area contributed by atoms with Crippen molar-refractivity contribution < 1.29 is 28.7 Å². The van der Waals surface area contributed by atoms with Crippen molar-refractivity contribution in [3.8, 4) is 5.75 Å². The second kappa shape index (κ2) is 9.60. The van der Waals surface area contributed by atoms with Crippen LogP contribution in [-0.4, -0.2) is 72.0 Å². The lowest BCUT2D eigenvalue weighted by atomic mass is 9.97. The Bertz CT molecular complexity index is 799. The summed E-state index contributed by atoms with van der Waals surface area (Å²) in [5.74, 6) is -0.843. The fraction of sp³-hybridized carbons (Fsp3) is 0.524. The van der Waals surface area contributed by atoms with Gasteiger partial charge >= 0.3 is 12.0 Å². The third kappa shape index (κ3) is 5.08. The SMILES string of the molecule is C[C@@H]1CCC[C@@H](C)N1C(=O)COc1ccc(C(=O)OCC(=O)N2CCNC2=O)cc1. The summed E-state index contributed by atoms with van der Waals surface area (Å²) in [4.78, 5) is 50.8. The summed E-state index contributed by atoms with van der Waals surface area (Å²) in [7, 11) is 0. The molecule has 0 saturated carbocycles. The fourth-order valence-electron chi connectivity index (χ4n) is 3.82. The predicted molar refractivity (Wildman–Crippen MR) is 107 cm³/mol. The summed E-state index contributed by atoms with van der Waals surface area (Å²) in [6.07, 6.45) is 3.12. The number of likely N-dealkylation sites (tertiary alicyclic amines) is 1. The molecule has 2 aliphatic heterocycles. The zero-order chi connectivity index (χ0) is 21.7. The molecule has 2 saturated heterocycles. The Hall–Kier alpha value is -3.10. The van der Waals surface area contributed by atoms with Crippen molar-refractivity contribution in [1.82, 2.24) is 15.1 Å². The lowest BCUT2D eigenvalue weighted by molar-refractivity contribution is -0.139. The largest absolute Gasteiger partial charge is 0.484 e. The first kappa shape index (κ1) is 21.6. The molecule has 1 aromatic rings. The van der Waals surface area contributed by atoms with Crippen molar-refractivity contribution in [3.05, 3.63) is 29.8 Å². The monoisotopic (exact) mass is 417 g/mol. The maximum atomic E-state index is 12.5. The van der Waals surface area contributed by atoms with Crippen LogP contribution in [0.2, 0.25) is 0 Å². The van der Waals surface area contributed by atoms with Gasteiger partial charge in [0.2, 0.25) is 0 Å². The number of amides is 4. The average molecular weight is 417 g/mol. The molecule has 4 amide bonds. The van der Waals surface area contributed by atoms with Gasteiger partial charge in [0.25, 0.3) is 11.8 Å². The number of nitrogens with one attached hydrogen (secondary N) is 1. The number of hydrogen-bond donors (Lipinski definition) is 1. The highest BCUT2D eigenvalue weighted by molar-refractivity contribution is 5.98. The van der Waals surface area contributed by atoms with E-state index >= 15 is 0 Å². The molecule has 0 bridgehead atoms. The Balaban J connectivity index is 1.47. The number of carbonyl (C=O) groups excluding carboxylic acids is 4. The van der Waals surface area contributed by atoms with Crippen molar-refractivity contribution >= 4 is 23.8 Å². The predicted octanol–water partition coefficient (Wildman–Crippen LogP) is 1.56. The van der Waals surface area contributed by atoms with Crippen molar-refractivity contribution in [3.63, 3.8) is 0 Å². The first-order chi connectivity index (χ1) is 14.4. The maximum absolute atomic E-state index is 12.5. The molecule has 1 N–H and O–H groups in total. The smallest absolute Gasteiger partial charge is 0.338 e. The number of ether oxygens (including phenoxy) is 2. The molecule has 2 atom stereocenters. The molecular weight excluding hydrogens is 390 g/mol. The standard InChI is InChI=1S/C21H27N3O6/c1-14-4-3-5-15(2)24(14)19(26)13-29-17-8-6-16(7-9-17)20(27)30-12-18(25)23-11-10-22-21(23)28/h6-9,14-15H,3-5,10-13H2,1-2H3,(H,22,28)/t14-,15-/m1/s1. The zero-order valence-electron chi connectivity index (χ0n) is 17.3. The summed E-state index contributed by atoms with van der Waals surface area (Å²) in [5, 5.41) is 2.51. The Labute approximate surface area is 175 Å². The van der Waals surface area contributed by atoms with Crippen LogP contribution >= 0.6 is 0 Å². The van der Waals surface area contributed by atoms with Crippen molar-refractivity contribution in [2.24, 2.45) is 0 Å². The molecule has 0 unspecified atom stereocenters. The lowest BCUT2D eigenvalue weighted by Gasteiger charge is -2.38. The summed E-state index contributed by atoms with van der Waals surface area (Å²) in [6.45, 7) is 4.17. The van der Waals surface area contributed by atoms with E-state index in [1.807, 2.05) is 4.90 Å². The number of rotatable bonds is 6. The molecule has 0 aliphatic carbocycles. The highest BCUT2D eigenvalue weighted by Crippen LogP contribution is 2.23. The normalized spacial score (nSPS) is 21.2. The van der Waals surface area contributed by atoms with E-state index in [-0.39, 0.29) is 36.7 Å². The van der Waals surface area contributed by atoms with E-state index in [0.29, 0.717) is 12.3 Å². The van der Waals surface area contributed by atoms with Gasteiger partial charge in [0, 0.05) is 25.2 Å². The quantitative estimate of drug-likeness (QED) is 0.705. The van der Waals surface area contributed by atoms with E-state index in [1.165, 1.54) is 12.1 Å². The van der Waals surface area contributed by atoms with Crippen LogP contribution in [0.25, 0.3) is 0 Å². The minimum absolute atomic E-state index is 0.0531. The molecule has 0 aromatic heterocycles. The minimum Gasteiger partial charge on any atom is -0.484 e. The first-order valence-corrected chi connectivity index (χ1v) is 10.2. The molecule has 2 heterocycles. The zero-order valence-corrected chi connectivity index (χ0v) is 17.3. The van der Waals surface area contributed by atoms with Gasteiger partial charge in [-0.3, -0.25) is 14.5 Å². The summed E-state index contributed by atoms with van der Waals surface area (Å²) < 4.78 is 10.6. The topological polar surface area (TPSA) is 105 Å². The molecular formula is C21H27N3O6. The van der Waals surface area contributed by atoms with Crippen LogP contribution in [0.15, 0.2) is 24.3 Å². The van der Waals surface area contributed by atoms with Gasteiger partial charge in [-0.2, -0.15) is 0 Å². The number of carbonyl (C=O) groups is 4. The van der Waals surface area contributed by atoms with Crippen LogP contribution in [-0.2, 0) is 14.3 Å². The van der Waals surface area contributed by atoms with Crippen molar-refractivity contribution in [2.75, 3.05) is 26.3 Å². The van der Waals surface area contributed by atoms with Gasteiger partial charge in [0.15, 0.2) is 13.2 Å². The number of hydrogen-bond acceptors (Lipinski definition) is 6. The Morgan fingerprint density at radius 3 is 2.30 bits per heavy atom. The van der Waals surface area contributed by atoms with Crippen LogP contribution in [0.5, 0.6) is 5.75 Å². The molecule has 3 rings (SSSR count). The van der Waals surface area contributed by atoms with E-state index in [1.54, 1.807) is 12.1 Å². The highest BCUT2D eigenvalue weighted by Gasteiger charge is 2.29. The molecule has 30 heavy (non-hydrogen) atoms. The molecule has 162 valence electrons. The van der Waals surface area contributed by atoms with Gasteiger partial charge in [-0.15, -0.1) is 0 Å². The second-order valence-electron chi connectivity index (χ2n) is 7.60. The molecule has 1 aromatic carbocycles. The summed E-state index contributed by atoms with van der Waals surface area (Å²) >= 11 is 0. The van der Waals surface area contributed by atoms with Gasteiger partial charge in [-0.1, -0.05) is 0 Å². The first-order valence-electron chi connectivity index (χ1n) is 10.2. The van der Waals surface area contributed by atoms with E-state index in [0.717, 1.165) is 24.2 Å². The molecule has 0 radical (unpaired) electrons. The number of imide groups is 1. The molecule has 2 fully saturated rings. The van der Waals surface area contributed by atoms with Crippen LogP contribution < -0.4 is 10.1 Å². The van der Waals surface area contributed by atoms with E-state index in [9.17, 15) is 19.2 Å². The van der Waals surface area contributed by atoms with Gasteiger partial charge in [-0.05, 0) is 57.4 Å². The van der Waals surface area contributed by atoms with Crippen molar-refractivity contribution in [1.29, 1.82) is 0 Å². The number of benzene rings is 1. The van der Waals surface area contributed by atoms with Gasteiger partial charge < -0.3 is 19.7 Å². The average Bonchev–Trinajstić information content (AvgIpc) is 3.16. The maximum Gasteiger partial charge on any atom is 0.338 e. The number of urea groups is 1. The molecule has 9 nitrogen and oxygen atoms in total. The fourth-order valence-corrected chi connectivity index (χ4v) is 3.82. The second-order valence-corrected chi connectivity index (χ2v) is 7.60. The Morgan fingerprint density at radius 1 is 1.03 bits per heavy atom. The highest BCUT2D eigenvalue weighted by atomic mass is 16.5. The van der Waals surface area contributed by atoms with E-state index < -0.39 is 24.5 Å². The molecule has 0 spiro atoms. The minimum atomic E-state index is -0.679. The van der Waals surface area contributed by atoms with Gasteiger partial charge in [0.05, 0.1) is 5.56 Å². The third-order valence-corrected chi connectivity index (χ3v) is 5.42. The van der Waals surface area contributed by atoms with Crippen LogP contribution in [0.3, 0.4) is 0 Å². The van der Waals surface area contributed by atoms with Crippen LogP contribution in [0.1, 0.15) is 43.5 Å². The lowest BCUT2D eigenvalue weighted by Crippen LogP contribution is -2.49. The molecule has 9 heteroatoms. The number of esters is 1. The van der Waals surface area contributed by atoms with E-state index in [2.05, 4.69) is 19.2 Å². The third-order valence-electron chi connectivity index (χ3n) is 5.42. The van der Waals surface area contributed by atoms with Crippen molar-refractivity contribution in [2.45, 2.75) is 45.2 Å². The Morgan fingerprint density at radius 2 is 1.70 bits per heavy atom. The number of piperidine rings is 1. The number of nitrogens with zero attached hydrogens (tertiary/aromatic N) is 2. The van der Waals surface area contributed by atoms with Crippen LogP contribution in [0, 0.1) is 0 Å². The summed E-state index contributed by atoms with van der Waals surface area (Å²) in [5.41, 5.74) is 0.241. The van der Waals surface area contributed by atoms with E-state index in [4.69, 9.17) is 9.47 Å². The summed E-state index contributed by atoms with van der Waals surface area (Å²) in [6, 6.07) is 6.07. The molecule has 2 aliphatic rings. The van der Waals surface area contributed by atoms with Gasteiger partial charge in [-0.25, -0.2) is 9.59 Å². The van der Waals surface area contributed by atoms with Gasteiger partial charge in [0.1, 0.15) is 5.75 Å². The Kier molecular flexibility index (Phi) is 6.91.